The normalized spacial score (nSPS) is 16.9. The average Bonchev–Trinajstić information content (AvgIpc) is 3.95. The Balaban J connectivity index is 0.826. The largest absolute Gasteiger partial charge is 0.493 e. The van der Waals surface area contributed by atoms with E-state index in [9.17, 15) is 28.7 Å². The number of aromatic nitrogens is 3. The lowest BCUT2D eigenvalue weighted by Crippen LogP contribution is -2.58. The molecular formula is C48H55Cl2FN8O9S. The van der Waals surface area contributed by atoms with E-state index < -0.39 is 47.1 Å². The van der Waals surface area contributed by atoms with Gasteiger partial charge < -0.3 is 49.8 Å². The Morgan fingerprint density at radius 2 is 1.70 bits per heavy atom. The van der Waals surface area contributed by atoms with Crippen molar-refractivity contribution in [3.8, 4) is 21.9 Å². The number of hydrogen-bond acceptors (Lipinski definition) is 14. The number of likely N-dealkylation sites (tertiary alicyclic amines) is 2. The summed E-state index contributed by atoms with van der Waals surface area (Å²) in [6, 6.07) is 12.2. The van der Waals surface area contributed by atoms with Crippen LogP contribution in [0.25, 0.3) is 21.3 Å². The summed E-state index contributed by atoms with van der Waals surface area (Å²) in [6.45, 7) is 7.87. The number of piperidine rings is 1. The van der Waals surface area contributed by atoms with E-state index in [1.54, 1.807) is 54.7 Å². The van der Waals surface area contributed by atoms with Crippen LogP contribution in [0, 0.1) is 18.2 Å². The third-order valence-corrected chi connectivity index (χ3v) is 13.6. The maximum absolute atomic E-state index is 14.9. The molecule has 0 spiro atoms. The van der Waals surface area contributed by atoms with Crippen molar-refractivity contribution < 1.29 is 47.6 Å². The van der Waals surface area contributed by atoms with Gasteiger partial charge in [0.05, 0.1) is 63.8 Å². The van der Waals surface area contributed by atoms with Gasteiger partial charge in [0.25, 0.3) is 0 Å². The number of anilines is 2. The Hall–Kier alpha value is -5.70. The number of nitrogens with zero attached hydrogens (tertiary/aromatic N) is 5. The van der Waals surface area contributed by atoms with E-state index >= 15 is 0 Å². The molecule has 21 heteroatoms. The first-order chi connectivity index (χ1) is 33.0. The number of carbonyl (C=O) groups is 4. The predicted octanol–water partition coefficient (Wildman–Crippen LogP) is 6.47. The number of halogens is 3. The topological polar surface area (TPSA) is 207 Å². The van der Waals surface area contributed by atoms with Crippen LogP contribution in [0.1, 0.15) is 51.3 Å². The summed E-state index contributed by atoms with van der Waals surface area (Å²) >= 11 is 13.5. The Morgan fingerprint density at radius 1 is 0.971 bits per heavy atom. The zero-order chi connectivity index (χ0) is 49.4. The third kappa shape index (κ3) is 12.7. The highest BCUT2D eigenvalue weighted by atomic mass is 35.5. The van der Waals surface area contributed by atoms with Gasteiger partial charge in [0.2, 0.25) is 23.6 Å². The van der Waals surface area contributed by atoms with Crippen LogP contribution in [0.2, 0.25) is 10.0 Å². The molecule has 2 aromatic heterocycles. The van der Waals surface area contributed by atoms with Gasteiger partial charge in [-0.05, 0) is 41.7 Å². The molecule has 368 valence electrons. The summed E-state index contributed by atoms with van der Waals surface area (Å²) in [5.74, 6) is -1.18. The molecule has 3 atom stereocenters. The van der Waals surface area contributed by atoms with Crippen LogP contribution in [0.3, 0.4) is 0 Å². The van der Waals surface area contributed by atoms with E-state index in [0.717, 1.165) is 21.7 Å². The molecule has 2 aliphatic heterocycles. The summed E-state index contributed by atoms with van der Waals surface area (Å²) < 4.78 is 38.0. The number of hydrogen-bond donors (Lipinski definition) is 4. The van der Waals surface area contributed by atoms with Crippen LogP contribution in [-0.2, 0) is 35.2 Å². The Morgan fingerprint density at radius 3 is 2.38 bits per heavy atom. The highest BCUT2D eigenvalue weighted by Gasteiger charge is 2.44. The van der Waals surface area contributed by atoms with E-state index in [1.807, 2.05) is 31.2 Å². The first-order valence-corrected chi connectivity index (χ1v) is 24.0. The SMILES string of the molecule is COc1cc2ncnc(Nc3ccc(Cl)c(Cl)c3F)c2cc1OC1CCN(C(=O)COCCOCC(=O)NC(C(=O)N2C[C@H](O)C[C@H]2C(=O)NCc2ccc(-c3scnc3C)cc2)C(C)(C)C)CC1. The number of methoxy groups -OCH3 is 1. The summed E-state index contributed by atoms with van der Waals surface area (Å²) in [6.07, 6.45) is 1.32. The van der Waals surface area contributed by atoms with Crippen molar-refractivity contribution in [3.05, 3.63) is 87.5 Å². The number of β-amino-alcohol motifs (C(OH)–C–C–N with tert-alkyl or cyclic N) is 1. The maximum atomic E-state index is 14.9. The fraction of sp³-hybridized carbons (Fsp3) is 0.438. The second-order valence-corrected chi connectivity index (χ2v) is 19.5. The van der Waals surface area contributed by atoms with Crippen molar-refractivity contribution in [1.82, 2.24) is 35.4 Å². The number of benzene rings is 3. The molecule has 4 N–H and O–H groups in total. The molecule has 2 aliphatic rings. The predicted molar refractivity (Wildman–Crippen MR) is 259 cm³/mol. The third-order valence-electron chi connectivity index (χ3n) is 11.8. The van der Waals surface area contributed by atoms with Gasteiger partial charge in [0, 0.05) is 56.9 Å². The second kappa shape index (κ2) is 22.8. The minimum atomic E-state index is -1.02. The molecule has 3 aromatic carbocycles. The van der Waals surface area contributed by atoms with Gasteiger partial charge in [-0.1, -0.05) is 68.2 Å². The highest BCUT2D eigenvalue weighted by molar-refractivity contribution is 7.13. The van der Waals surface area contributed by atoms with E-state index in [-0.39, 0.29) is 73.7 Å². The van der Waals surface area contributed by atoms with E-state index in [0.29, 0.717) is 54.2 Å². The number of thiazole rings is 1. The fourth-order valence-corrected chi connectivity index (χ4v) is 9.21. The molecule has 0 radical (unpaired) electrons. The van der Waals surface area contributed by atoms with Gasteiger partial charge in [0.1, 0.15) is 43.5 Å². The molecule has 0 aliphatic carbocycles. The quantitative estimate of drug-likeness (QED) is 0.0549. The second-order valence-electron chi connectivity index (χ2n) is 17.8. The van der Waals surface area contributed by atoms with Crippen molar-refractivity contribution >= 4 is 80.6 Å². The molecule has 4 amide bonds. The molecule has 4 heterocycles. The fourth-order valence-electron chi connectivity index (χ4n) is 8.08. The van der Waals surface area contributed by atoms with Gasteiger partial charge in [-0.2, -0.15) is 0 Å². The summed E-state index contributed by atoms with van der Waals surface area (Å²) in [4.78, 5) is 70.6. The molecule has 5 aromatic rings. The number of amides is 4. The Labute approximate surface area is 413 Å². The average molecular weight is 1010 g/mol. The number of nitrogens with one attached hydrogen (secondary N) is 3. The molecular weight excluding hydrogens is 955 g/mol. The van der Waals surface area contributed by atoms with Crippen molar-refractivity contribution in [2.24, 2.45) is 5.41 Å². The minimum Gasteiger partial charge on any atom is -0.493 e. The van der Waals surface area contributed by atoms with Crippen LogP contribution in [-0.4, -0.2) is 131 Å². The number of aryl methyl sites for hydroxylation is 1. The number of carbonyl (C=O) groups excluding carboxylic acids is 4. The van der Waals surface area contributed by atoms with Gasteiger partial charge >= 0.3 is 0 Å². The smallest absolute Gasteiger partial charge is 0.248 e. The minimum absolute atomic E-state index is 0.0111. The summed E-state index contributed by atoms with van der Waals surface area (Å²) in [7, 11) is 1.52. The van der Waals surface area contributed by atoms with E-state index in [2.05, 4.69) is 30.9 Å². The van der Waals surface area contributed by atoms with Gasteiger partial charge in [-0.25, -0.2) is 19.3 Å². The molecule has 2 fully saturated rings. The standard InChI is InChI=1S/C48H55Cl2FN8O9S/c1-27-43(69-26-55-27)29-8-6-28(7-9-29)21-52-46(63)36-18-30(60)22-59(36)47(64)44(48(2,3)4)57-39(61)23-66-16-17-67-24-40(62)58-14-12-31(13-15-58)68-38-19-32-35(20-37(38)65-5)53-25-54-45(32)56-34-11-10-33(49)41(50)42(34)51/h6-11,19-20,25-26,30-31,36,44,60H,12-18,21-24H2,1-5H3,(H,52,63)(H,57,61)(H,53,54,56)/t30-,36+,44?/m1/s1. The zero-order valence-corrected chi connectivity index (χ0v) is 41.2. The number of fused-ring (bicyclic) bond motifs is 1. The van der Waals surface area contributed by atoms with Crippen LogP contribution >= 0.6 is 34.5 Å². The van der Waals surface area contributed by atoms with Crippen molar-refractivity contribution in [1.29, 1.82) is 0 Å². The lowest BCUT2D eigenvalue weighted by molar-refractivity contribution is -0.144. The van der Waals surface area contributed by atoms with Crippen molar-refractivity contribution in [2.45, 2.75) is 77.8 Å². The van der Waals surface area contributed by atoms with Crippen LogP contribution in [0.5, 0.6) is 11.5 Å². The van der Waals surface area contributed by atoms with E-state index in [1.165, 1.54) is 30.5 Å². The lowest BCUT2D eigenvalue weighted by Gasteiger charge is -2.35. The highest BCUT2D eigenvalue weighted by Crippen LogP contribution is 2.38. The van der Waals surface area contributed by atoms with Crippen molar-refractivity contribution in [2.75, 3.05) is 58.5 Å². The lowest BCUT2D eigenvalue weighted by atomic mass is 9.85. The van der Waals surface area contributed by atoms with Crippen LogP contribution in [0.4, 0.5) is 15.9 Å². The molecule has 0 bridgehead atoms. The van der Waals surface area contributed by atoms with Crippen molar-refractivity contribution in [3.63, 3.8) is 0 Å². The van der Waals surface area contributed by atoms with Crippen LogP contribution in [0.15, 0.2) is 60.4 Å². The summed E-state index contributed by atoms with van der Waals surface area (Å²) in [5, 5.41) is 19.6. The number of ether oxygens (including phenoxy) is 4. The zero-order valence-electron chi connectivity index (χ0n) is 38.9. The molecule has 1 unspecified atom stereocenters. The Bertz CT molecular complexity index is 2650. The molecule has 7 rings (SSSR count). The number of aliphatic hydroxyl groups excluding tert-OH is 1. The maximum Gasteiger partial charge on any atom is 0.248 e. The molecule has 2 saturated heterocycles. The van der Waals surface area contributed by atoms with Gasteiger partial charge in [-0.15, -0.1) is 11.3 Å². The molecule has 69 heavy (non-hydrogen) atoms. The number of aliphatic hydroxyl groups is 1. The van der Waals surface area contributed by atoms with E-state index in [4.69, 9.17) is 42.1 Å². The Kier molecular flexibility index (Phi) is 16.9. The number of rotatable bonds is 18. The monoisotopic (exact) mass is 1010 g/mol. The summed E-state index contributed by atoms with van der Waals surface area (Å²) in [5.41, 5.74) is 4.52. The first kappa shape index (κ1) is 51.2. The molecule has 0 saturated carbocycles. The van der Waals surface area contributed by atoms with Crippen LogP contribution < -0.4 is 25.4 Å². The van der Waals surface area contributed by atoms with Gasteiger partial charge in [-0.3, -0.25) is 19.2 Å². The van der Waals surface area contributed by atoms with Gasteiger partial charge in [0.15, 0.2) is 17.3 Å². The molecule has 17 nitrogen and oxygen atoms in total. The first-order valence-electron chi connectivity index (χ1n) is 22.4.